The summed E-state index contributed by atoms with van der Waals surface area (Å²) in [7, 11) is 0. The van der Waals surface area contributed by atoms with E-state index in [-0.39, 0.29) is 30.7 Å². The Morgan fingerprint density at radius 2 is 1.68 bits per heavy atom. The van der Waals surface area contributed by atoms with E-state index in [1.807, 2.05) is 44.2 Å². The summed E-state index contributed by atoms with van der Waals surface area (Å²) in [6.45, 7) is 6.12. The second kappa shape index (κ2) is 10.4. The predicted molar refractivity (Wildman–Crippen MR) is 106 cm³/mol. The average molecular weight is 386 g/mol. The highest BCUT2D eigenvalue weighted by atomic mass is 19.1. The first-order valence-electron chi connectivity index (χ1n) is 9.37. The average Bonchev–Trinajstić information content (AvgIpc) is 2.69. The lowest BCUT2D eigenvalue weighted by molar-refractivity contribution is -0.142. The topological polar surface area (TPSA) is 58.6 Å². The zero-order chi connectivity index (χ0) is 20.5. The summed E-state index contributed by atoms with van der Waals surface area (Å²) in [6, 6.07) is 14.6. The molecule has 0 aliphatic heterocycles. The molecule has 2 rings (SSSR count). The minimum atomic E-state index is -0.685. The molecule has 0 bridgehead atoms. The van der Waals surface area contributed by atoms with Crippen molar-refractivity contribution in [1.82, 2.24) is 10.2 Å². The Bertz CT molecular complexity index is 780. The van der Waals surface area contributed by atoms with Gasteiger partial charge < -0.3 is 15.0 Å². The summed E-state index contributed by atoms with van der Waals surface area (Å²) in [5.41, 5.74) is 0.894. The van der Waals surface area contributed by atoms with Crippen LogP contribution >= 0.6 is 0 Å². The third kappa shape index (κ3) is 6.37. The standard InChI is InChI=1S/C22H27FN2O3/c1-16(2)13-24-22(27)17(3)25(14-18-9-5-4-6-10-18)21(26)15-28-20-12-8-7-11-19(20)23/h4-12,16-17H,13-15H2,1-3H3,(H,24,27). The summed E-state index contributed by atoms with van der Waals surface area (Å²) < 4.78 is 19.1. The minimum Gasteiger partial charge on any atom is -0.481 e. The highest BCUT2D eigenvalue weighted by Crippen LogP contribution is 2.16. The zero-order valence-corrected chi connectivity index (χ0v) is 16.5. The van der Waals surface area contributed by atoms with Gasteiger partial charge in [-0.15, -0.1) is 0 Å². The Morgan fingerprint density at radius 3 is 2.32 bits per heavy atom. The van der Waals surface area contributed by atoms with Crippen LogP contribution in [0.3, 0.4) is 0 Å². The van der Waals surface area contributed by atoms with Gasteiger partial charge in [0.1, 0.15) is 6.04 Å². The van der Waals surface area contributed by atoms with Crippen LogP contribution in [-0.4, -0.2) is 35.9 Å². The number of para-hydroxylation sites is 1. The van der Waals surface area contributed by atoms with Crippen LogP contribution in [0.1, 0.15) is 26.3 Å². The highest BCUT2D eigenvalue weighted by molar-refractivity contribution is 5.87. The zero-order valence-electron chi connectivity index (χ0n) is 16.5. The molecule has 5 nitrogen and oxygen atoms in total. The second-order valence-corrected chi connectivity index (χ2v) is 7.04. The molecule has 0 fully saturated rings. The molecule has 0 radical (unpaired) electrons. The Labute approximate surface area is 165 Å². The number of halogens is 1. The molecule has 0 saturated carbocycles. The normalized spacial score (nSPS) is 11.8. The van der Waals surface area contributed by atoms with Crippen molar-refractivity contribution in [2.45, 2.75) is 33.4 Å². The first kappa shape index (κ1) is 21.4. The number of hydrogen-bond donors (Lipinski definition) is 1. The summed E-state index contributed by atoms with van der Waals surface area (Å²) in [6.07, 6.45) is 0. The second-order valence-electron chi connectivity index (χ2n) is 7.04. The number of amides is 2. The fourth-order valence-electron chi connectivity index (χ4n) is 2.60. The van der Waals surface area contributed by atoms with Crippen molar-refractivity contribution in [1.29, 1.82) is 0 Å². The highest BCUT2D eigenvalue weighted by Gasteiger charge is 2.26. The Balaban J connectivity index is 2.11. The summed E-state index contributed by atoms with van der Waals surface area (Å²) in [4.78, 5) is 26.8. The Kier molecular flexibility index (Phi) is 7.99. The van der Waals surface area contributed by atoms with Crippen molar-refractivity contribution in [3.63, 3.8) is 0 Å². The largest absolute Gasteiger partial charge is 0.481 e. The van der Waals surface area contributed by atoms with Gasteiger partial charge in [-0.05, 0) is 30.5 Å². The van der Waals surface area contributed by atoms with Crippen LogP contribution in [-0.2, 0) is 16.1 Å². The molecule has 28 heavy (non-hydrogen) atoms. The van der Waals surface area contributed by atoms with Gasteiger partial charge in [-0.25, -0.2) is 4.39 Å². The first-order valence-corrected chi connectivity index (χ1v) is 9.37. The van der Waals surface area contributed by atoms with E-state index in [0.29, 0.717) is 12.5 Å². The minimum absolute atomic E-state index is 0.00687. The van der Waals surface area contributed by atoms with Gasteiger partial charge in [0.2, 0.25) is 5.91 Å². The lowest BCUT2D eigenvalue weighted by atomic mass is 10.1. The molecule has 150 valence electrons. The van der Waals surface area contributed by atoms with Crippen molar-refractivity contribution < 1.29 is 18.7 Å². The van der Waals surface area contributed by atoms with Gasteiger partial charge in [0.25, 0.3) is 5.91 Å². The van der Waals surface area contributed by atoms with E-state index < -0.39 is 11.9 Å². The van der Waals surface area contributed by atoms with E-state index in [1.165, 1.54) is 17.0 Å². The third-order valence-corrected chi connectivity index (χ3v) is 4.24. The van der Waals surface area contributed by atoms with Crippen molar-refractivity contribution >= 4 is 11.8 Å². The summed E-state index contributed by atoms with van der Waals surface area (Å²) in [5.74, 6) is -0.845. The van der Waals surface area contributed by atoms with E-state index in [9.17, 15) is 14.0 Å². The number of hydrogen-bond acceptors (Lipinski definition) is 3. The fraction of sp³-hybridized carbons (Fsp3) is 0.364. The van der Waals surface area contributed by atoms with E-state index in [4.69, 9.17) is 4.74 Å². The smallest absolute Gasteiger partial charge is 0.261 e. The van der Waals surface area contributed by atoms with Crippen LogP contribution < -0.4 is 10.1 Å². The van der Waals surface area contributed by atoms with Crippen molar-refractivity contribution in [2.24, 2.45) is 5.92 Å². The van der Waals surface area contributed by atoms with Crippen LogP contribution in [0, 0.1) is 11.7 Å². The first-order chi connectivity index (χ1) is 13.4. The summed E-state index contributed by atoms with van der Waals surface area (Å²) >= 11 is 0. The molecule has 2 aromatic rings. The van der Waals surface area contributed by atoms with Crippen molar-refractivity contribution in [3.05, 3.63) is 66.0 Å². The third-order valence-electron chi connectivity index (χ3n) is 4.24. The lowest BCUT2D eigenvalue weighted by Gasteiger charge is -2.29. The van der Waals surface area contributed by atoms with E-state index in [1.54, 1.807) is 19.1 Å². The maximum Gasteiger partial charge on any atom is 0.261 e. The van der Waals surface area contributed by atoms with Gasteiger partial charge >= 0.3 is 0 Å². The maximum atomic E-state index is 13.7. The molecule has 2 aromatic carbocycles. The maximum absolute atomic E-state index is 13.7. The van der Waals surface area contributed by atoms with Gasteiger partial charge in [-0.1, -0.05) is 56.3 Å². The number of benzene rings is 2. The van der Waals surface area contributed by atoms with E-state index in [0.717, 1.165) is 5.56 Å². The molecular formula is C22H27FN2O3. The van der Waals surface area contributed by atoms with Gasteiger partial charge in [-0.2, -0.15) is 0 Å². The molecule has 1 N–H and O–H groups in total. The van der Waals surface area contributed by atoms with Crippen molar-refractivity contribution in [3.8, 4) is 5.75 Å². The molecule has 0 heterocycles. The van der Waals surface area contributed by atoms with Crippen LogP contribution in [0.4, 0.5) is 4.39 Å². The Hall–Kier alpha value is -2.89. The van der Waals surface area contributed by atoms with Crippen LogP contribution in [0.15, 0.2) is 54.6 Å². The molecule has 0 saturated heterocycles. The van der Waals surface area contributed by atoms with Crippen LogP contribution in [0.5, 0.6) is 5.75 Å². The van der Waals surface area contributed by atoms with Gasteiger partial charge in [-0.3, -0.25) is 9.59 Å². The molecule has 1 atom stereocenters. The van der Waals surface area contributed by atoms with Crippen molar-refractivity contribution in [2.75, 3.05) is 13.2 Å². The molecule has 0 aromatic heterocycles. The molecule has 1 unspecified atom stereocenters. The van der Waals surface area contributed by atoms with Gasteiger partial charge in [0.15, 0.2) is 18.2 Å². The van der Waals surface area contributed by atoms with Gasteiger partial charge in [0.05, 0.1) is 0 Å². The number of nitrogens with zero attached hydrogens (tertiary/aromatic N) is 1. The molecule has 0 aliphatic rings. The molecule has 0 aliphatic carbocycles. The number of ether oxygens (including phenoxy) is 1. The SMILES string of the molecule is CC(C)CNC(=O)C(C)N(Cc1ccccc1)C(=O)COc1ccccc1F. The molecule has 6 heteroatoms. The predicted octanol–water partition coefficient (Wildman–Crippen LogP) is 3.39. The van der Waals surface area contributed by atoms with E-state index >= 15 is 0 Å². The molecule has 2 amide bonds. The fourth-order valence-corrected chi connectivity index (χ4v) is 2.60. The van der Waals surface area contributed by atoms with Gasteiger partial charge in [0, 0.05) is 13.1 Å². The number of carbonyl (C=O) groups is 2. The summed E-state index contributed by atoms with van der Waals surface area (Å²) in [5, 5.41) is 2.85. The lowest BCUT2D eigenvalue weighted by Crippen LogP contribution is -2.49. The molecular weight excluding hydrogens is 359 g/mol. The Morgan fingerprint density at radius 1 is 1.04 bits per heavy atom. The molecule has 0 spiro atoms. The van der Waals surface area contributed by atoms with E-state index in [2.05, 4.69) is 5.32 Å². The number of carbonyl (C=O) groups excluding carboxylic acids is 2. The van der Waals surface area contributed by atoms with Crippen LogP contribution in [0.2, 0.25) is 0 Å². The number of rotatable bonds is 9. The number of nitrogens with one attached hydrogen (secondary N) is 1. The monoisotopic (exact) mass is 386 g/mol. The quantitative estimate of drug-likeness (QED) is 0.719. The van der Waals surface area contributed by atoms with Crippen LogP contribution in [0.25, 0.3) is 0 Å².